The monoisotopic (exact) mass is 1260 g/mol. The average Bonchev–Trinajstić information content (AvgIpc) is 3.64. The summed E-state index contributed by atoms with van der Waals surface area (Å²) in [6, 6.07) is -2.47. The summed E-state index contributed by atoms with van der Waals surface area (Å²) < 4.78 is 21.3. The Bertz CT molecular complexity index is 2020. The van der Waals surface area contributed by atoms with Crippen LogP contribution >= 0.6 is 11.8 Å². The maximum absolute atomic E-state index is 12.7. The molecule has 0 saturated carbocycles. The summed E-state index contributed by atoms with van der Waals surface area (Å²) in [5.41, 5.74) is 0. The molecule has 0 heterocycles. The van der Waals surface area contributed by atoms with Gasteiger partial charge in [0.1, 0.15) is 36.9 Å². The molecule has 0 radical (unpaired) electrons. The number of ketones is 2. The van der Waals surface area contributed by atoms with E-state index in [2.05, 4.69) is 26.6 Å². The lowest BCUT2D eigenvalue weighted by atomic mass is 9.94. The number of carboxylic acids is 5. The molecule has 0 bridgehead atoms. The molecule has 5 amide bonds. The minimum absolute atomic E-state index is 0.0140. The Labute approximate surface area is 515 Å². The number of amides is 5. The van der Waals surface area contributed by atoms with Crippen molar-refractivity contribution >= 4 is 82.7 Å². The summed E-state index contributed by atoms with van der Waals surface area (Å²) in [4.78, 5) is 143. The molecule has 0 unspecified atom stereocenters. The van der Waals surface area contributed by atoms with Gasteiger partial charge in [-0.1, -0.05) is 96.8 Å². The number of hydrogen-bond donors (Lipinski definition) is 11. The van der Waals surface area contributed by atoms with Gasteiger partial charge < -0.3 is 76.2 Å². The SMILES string of the molecule is C[C@@H](CSCC(=O)NCCCC[C@@H](NC(=O)COCCOCCNC(=O)COCCOCCNC(=O)CC[C@H](CC(=O)CC[C@@H](NC(=O)CCCCCCCCCCCCCCCCCCC(=O)O)C(=O)O)C(=O)O)C(=O)O)C(=O)C[C@@H](CO)C(=O)O. The number of aliphatic hydroxyl groups excluding tert-OH is 1. The van der Waals surface area contributed by atoms with Crippen molar-refractivity contribution in [3.05, 3.63) is 0 Å². The van der Waals surface area contributed by atoms with Gasteiger partial charge in [-0.3, -0.25) is 47.9 Å². The maximum Gasteiger partial charge on any atom is 0.326 e. The molecule has 27 nitrogen and oxygen atoms in total. The standard InChI is InChI=1S/C59H101N5O22S/c1-43(49(67)37-45(38-65)57(77)78)41-87-42-54(72)60-27-19-18-20-47(58(79)80)64-53(71)40-86-35-33-84-31-29-62-52(70)39-85-34-32-83-30-28-61-50(68)26-23-44(56(75)76)36-46(66)24-25-48(59(81)82)63-51(69)21-16-14-12-10-8-6-4-2-3-5-7-9-11-13-15-17-22-55(73)74/h43-45,47-48,65H,2-42H2,1H3,(H,60,72)(H,61,68)(H,62,70)(H,63,69)(H,64,71)(H,73,74)(H,75,76)(H,77,78)(H,79,80)(H,81,82)/t43-,44+,45-,47+,48+/m0/s1. The quantitative estimate of drug-likeness (QED) is 0.0382. The van der Waals surface area contributed by atoms with Crippen molar-refractivity contribution in [3.63, 3.8) is 0 Å². The van der Waals surface area contributed by atoms with Gasteiger partial charge in [0.05, 0.1) is 63.8 Å². The number of rotatable bonds is 62. The molecule has 0 aliphatic carbocycles. The normalized spacial score (nSPS) is 12.9. The first-order valence-corrected chi connectivity index (χ1v) is 31.9. The van der Waals surface area contributed by atoms with Crippen LogP contribution in [-0.4, -0.2) is 204 Å². The summed E-state index contributed by atoms with van der Waals surface area (Å²) >= 11 is 1.20. The number of aliphatic carboxylic acids is 5. The molecule has 500 valence electrons. The van der Waals surface area contributed by atoms with Crippen LogP contribution in [0.1, 0.15) is 180 Å². The zero-order valence-electron chi connectivity index (χ0n) is 51.0. The number of carbonyl (C=O) groups excluding carboxylic acids is 7. The fourth-order valence-corrected chi connectivity index (χ4v) is 9.58. The van der Waals surface area contributed by atoms with Gasteiger partial charge in [-0.15, -0.1) is 0 Å². The number of ether oxygens (including phenoxy) is 4. The summed E-state index contributed by atoms with van der Waals surface area (Å²) in [6.07, 6.45) is 17.0. The molecule has 0 aliphatic heterocycles. The highest BCUT2D eigenvalue weighted by Crippen LogP contribution is 2.18. The molecule has 28 heteroatoms. The van der Waals surface area contributed by atoms with Crippen molar-refractivity contribution in [3.8, 4) is 0 Å². The predicted molar refractivity (Wildman–Crippen MR) is 320 cm³/mol. The topological polar surface area (TPSA) is 423 Å². The third-order valence-corrected chi connectivity index (χ3v) is 15.0. The molecule has 0 aliphatic rings. The van der Waals surface area contributed by atoms with Crippen LogP contribution in [0, 0.1) is 17.8 Å². The first-order chi connectivity index (χ1) is 41.7. The second-order valence-electron chi connectivity index (χ2n) is 21.5. The van der Waals surface area contributed by atoms with Gasteiger partial charge in [-0.25, -0.2) is 9.59 Å². The molecule has 0 rings (SSSR count). The van der Waals surface area contributed by atoms with Crippen LogP contribution in [0.2, 0.25) is 0 Å². The Morgan fingerprint density at radius 3 is 1.37 bits per heavy atom. The molecule has 0 aromatic heterocycles. The third-order valence-electron chi connectivity index (χ3n) is 13.8. The molecule has 5 atom stereocenters. The molecule has 87 heavy (non-hydrogen) atoms. The van der Waals surface area contributed by atoms with E-state index in [9.17, 15) is 72.9 Å². The molecule has 0 aromatic rings. The molecular formula is C59H101N5O22S. The highest BCUT2D eigenvalue weighted by Gasteiger charge is 2.27. The average molecular weight is 1260 g/mol. The Hall–Kier alpha value is -5.81. The van der Waals surface area contributed by atoms with E-state index in [4.69, 9.17) is 34.3 Å². The van der Waals surface area contributed by atoms with Gasteiger partial charge in [0, 0.05) is 69.8 Å². The number of nitrogens with one attached hydrogen (secondary N) is 5. The fourth-order valence-electron chi connectivity index (χ4n) is 8.64. The number of hydrogen-bond acceptors (Lipinski definition) is 18. The van der Waals surface area contributed by atoms with Crippen LogP contribution in [0.4, 0.5) is 0 Å². The van der Waals surface area contributed by atoms with E-state index in [1.165, 1.54) is 63.1 Å². The molecular weight excluding hydrogens is 1160 g/mol. The summed E-state index contributed by atoms with van der Waals surface area (Å²) in [5, 5.41) is 68.4. The van der Waals surface area contributed by atoms with Gasteiger partial charge in [0.15, 0.2) is 0 Å². The summed E-state index contributed by atoms with van der Waals surface area (Å²) in [7, 11) is 0. The number of carboxylic acid groups (broad SMARTS) is 5. The van der Waals surface area contributed by atoms with E-state index in [1.54, 1.807) is 6.92 Å². The first kappa shape index (κ1) is 81.2. The Balaban J connectivity index is 4.00. The predicted octanol–water partition coefficient (Wildman–Crippen LogP) is 4.06. The van der Waals surface area contributed by atoms with Gasteiger partial charge in [-0.2, -0.15) is 11.8 Å². The van der Waals surface area contributed by atoms with Gasteiger partial charge in [0.25, 0.3) is 0 Å². The highest BCUT2D eigenvalue weighted by atomic mass is 32.2. The second kappa shape index (κ2) is 54.4. The summed E-state index contributed by atoms with van der Waals surface area (Å²) in [5.74, 6) is -11.3. The highest BCUT2D eigenvalue weighted by molar-refractivity contribution is 7.99. The fraction of sp³-hybridized carbons (Fsp3) is 0.797. The van der Waals surface area contributed by atoms with Crippen molar-refractivity contribution < 1.29 is 107 Å². The van der Waals surface area contributed by atoms with Crippen LogP contribution in [0.25, 0.3) is 0 Å². The van der Waals surface area contributed by atoms with Crippen LogP contribution in [-0.2, 0) is 76.5 Å². The van der Waals surface area contributed by atoms with Gasteiger partial charge >= 0.3 is 29.8 Å². The first-order valence-electron chi connectivity index (χ1n) is 30.7. The lowest BCUT2D eigenvalue weighted by Gasteiger charge is -2.15. The van der Waals surface area contributed by atoms with Crippen molar-refractivity contribution in [2.75, 3.05) is 90.6 Å². The second-order valence-corrected chi connectivity index (χ2v) is 22.5. The van der Waals surface area contributed by atoms with E-state index in [1.807, 2.05) is 0 Å². The number of thioether (sulfide) groups is 1. The van der Waals surface area contributed by atoms with Crippen LogP contribution in [0.5, 0.6) is 0 Å². The molecule has 0 fully saturated rings. The van der Waals surface area contributed by atoms with Crippen LogP contribution in [0.15, 0.2) is 0 Å². The third kappa shape index (κ3) is 49.8. The summed E-state index contributed by atoms with van der Waals surface area (Å²) in [6.45, 7) is 1.31. The number of unbranched alkanes of at least 4 members (excludes halogenated alkanes) is 16. The van der Waals surface area contributed by atoms with Crippen LogP contribution in [0.3, 0.4) is 0 Å². The van der Waals surface area contributed by atoms with Crippen LogP contribution < -0.4 is 26.6 Å². The number of aliphatic hydroxyl groups is 1. The van der Waals surface area contributed by atoms with E-state index in [-0.39, 0.29) is 135 Å². The minimum Gasteiger partial charge on any atom is -0.481 e. The zero-order valence-corrected chi connectivity index (χ0v) is 51.8. The van der Waals surface area contributed by atoms with Crippen molar-refractivity contribution in [2.45, 2.75) is 192 Å². The maximum atomic E-state index is 12.7. The smallest absolute Gasteiger partial charge is 0.326 e. The van der Waals surface area contributed by atoms with E-state index in [0.29, 0.717) is 25.0 Å². The molecule has 0 spiro atoms. The number of carbonyl (C=O) groups is 12. The van der Waals surface area contributed by atoms with E-state index in [0.717, 1.165) is 44.9 Å². The molecule has 0 aromatic carbocycles. The largest absolute Gasteiger partial charge is 0.481 e. The van der Waals surface area contributed by atoms with Crippen molar-refractivity contribution in [2.24, 2.45) is 17.8 Å². The molecule has 0 saturated heterocycles. The van der Waals surface area contributed by atoms with Gasteiger partial charge in [-0.05, 0) is 44.9 Å². The lowest BCUT2D eigenvalue weighted by Crippen LogP contribution is -2.42. The Morgan fingerprint density at radius 2 is 0.862 bits per heavy atom. The van der Waals surface area contributed by atoms with Crippen molar-refractivity contribution in [1.82, 2.24) is 26.6 Å². The molecule has 11 N–H and O–H groups in total. The zero-order chi connectivity index (χ0) is 64.9. The van der Waals surface area contributed by atoms with E-state index < -0.39 is 109 Å². The number of Topliss-reactive ketones (excluding diaryl/α,β-unsaturated/α-hetero) is 2. The minimum atomic E-state index is -1.30. The van der Waals surface area contributed by atoms with Crippen molar-refractivity contribution in [1.29, 1.82) is 0 Å². The van der Waals surface area contributed by atoms with Gasteiger partial charge in [0.2, 0.25) is 29.5 Å². The Morgan fingerprint density at radius 1 is 0.402 bits per heavy atom. The lowest BCUT2D eigenvalue weighted by molar-refractivity contribution is -0.145. The Kier molecular flexibility index (Phi) is 50.7. The van der Waals surface area contributed by atoms with E-state index >= 15 is 0 Å².